The summed E-state index contributed by atoms with van der Waals surface area (Å²) in [6, 6.07) is 7.76. The van der Waals surface area contributed by atoms with E-state index in [1.165, 1.54) is 11.8 Å². The van der Waals surface area contributed by atoms with Gasteiger partial charge in [-0.1, -0.05) is 30.0 Å². The summed E-state index contributed by atoms with van der Waals surface area (Å²) in [5.74, 6) is 0.265. The van der Waals surface area contributed by atoms with E-state index in [1.807, 2.05) is 31.2 Å². The maximum atomic E-state index is 12.7. The molecule has 0 N–H and O–H groups in total. The average molecular weight is 434 g/mol. The summed E-state index contributed by atoms with van der Waals surface area (Å²) in [6.45, 7) is 5.17. The monoisotopic (exact) mass is 433 g/mol. The Morgan fingerprint density at radius 1 is 1.28 bits per heavy atom. The second-order valence-corrected chi connectivity index (χ2v) is 10.2. The molecule has 29 heavy (non-hydrogen) atoms. The zero-order valence-electron chi connectivity index (χ0n) is 16.4. The van der Waals surface area contributed by atoms with Crippen molar-refractivity contribution >= 4 is 49.6 Å². The Hall–Kier alpha value is -2.20. The zero-order chi connectivity index (χ0) is 20.6. The van der Waals surface area contributed by atoms with E-state index in [2.05, 4.69) is 26.7 Å². The molecule has 0 bridgehead atoms. The van der Waals surface area contributed by atoms with Gasteiger partial charge < -0.3 is 9.47 Å². The summed E-state index contributed by atoms with van der Waals surface area (Å²) in [5, 5.41) is 10.0. The van der Waals surface area contributed by atoms with Crippen molar-refractivity contribution in [3.05, 3.63) is 24.3 Å². The number of nitrogens with zero attached hydrogens (tertiary/aromatic N) is 5. The van der Waals surface area contributed by atoms with Crippen molar-refractivity contribution in [3.63, 3.8) is 0 Å². The number of hydrogen-bond donors (Lipinski definition) is 0. The van der Waals surface area contributed by atoms with Crippen molar-refractivity contribution in [2.24, 2.45) is 0 Å². The third kappa shape index (κ3) is 3.83. The summed E-state index contributed by atoms with van der Waals surface area (Å²) in [4.78, 5) is 19.0. The third-order valence-electron chi connectivity index (χ3n) is 5.31. The van der Waals surface area contributed by atoms with E-state index in [1.54, 1.807) is 4.90 Å². The van der Waals surface area contributed by atoms with Crippen LogP contribution >= 0.6 is 11.8 Å². The van der Waals surface area contributed by atoms with Crippen molar-refractivity contribution in [1.82, 2.24) is 24.6 Å². The molecule has 1 amide bonds. The van der Waals surface area contributed by atoms with Gasteiger partial charge in [-0.05, 0) is 26.3 Å². The summed E-state index contributed by atoms with van der Waals surface area (Å²) >= 11 is 1.24. The van der Waals surface area contributed by atoms with Gasteiger partial charge in [-0.25, -0.2) is 13.4 Å². The number of sulfone groups is 1. The number of carbonyl (C=O) groups excluding carboxylic acids is 1. The van der Waals surface area contributed by atoms with Crippen LogP contribution < -0.4 is 0 Å². The number of amides is 1. The lowest BCUT2D eigenvalue weighted by Crippen LogP contribution is -2.41. The molecule has 0 spiro atoms. The lowest BCUT2D eigenvalue weighted by molar-refractivity contribution is -0.129. The molecule has 1 aliphatic heterocycles. The van der Waals surface area contributed by atoms with Crippen molar-refractivity contribution in [3.8, 4) is 0 Å². The van der Waals surface area contributed by atoms with E-state index in [-0.39, 0.29) is 29.2 Å². The molecule has 0 aliphatic carbocycles. The predicted octanol–water partition coefficient (Wildman–Crippen LogP) is 2.13. The standard InChI is InChI=1S/C19H23N5O3S2/c1-3-23(13-9-10-29(26,27)12-13)16(25)11-28-19-20-18-17(21-22-19)14-7-5-6-8-15(14)24(18)4-2/h5-8,13H,3-4,9-12H2,1-2H3/t13-/m0/s1. The van der Waals surface area contributed by atoms with E-state index in [0.29, 0.717) is 18.1 Å². The molecule has 1 atom stereocenters. The van der Waals surface area contributed by atoms with Crippen LogP contribution in [0.25, 0.3) is 22.1 Å². The third-order valence-corrected chi connectivity index (χ3v) is 7.88. The first-order valence-corrected chi connectivity index (χ1v) is 12.5. The van der Waals surface area contributed by atoms with Crippen LogP contribution in [-0.2, 0) is 21.2 Å². The van der Waals surface area contributed by atoms with Gasteiger partial charge in [0, 0.05) is 24.5 Å². The Morgan fingerprint density at radius 2 is 2.07 bits per heavy atom. The first-order valence-electron chi connectivity index (χ1n) is 9.68. The molecule has 3 aromatic rings. The second-order valence-electron chi connectivity index (χ2n) is 7.05. The number of para-hydroxylation sites is 1. The largest absolute Gasteiger partial charge is 0.338 e. The molecule has 3 heterocycles. The number of hydrogen-bond acceptors (Lipinski definition) is 7. The highest BCUT2D eigenvalue weighted by atomic mass is 32.2. The van der Waals surface area contributed by atoms with Gasteiger partial charge in [0.25, 0.3) is 0 Å². The van der Waals surface area contributed by atoms with Gasteiger partial charge >= 0.3 is 0 Å². The van der Waals surface area contributed by atoms with Crippen LogP contribution in [0.5, 0.6) is 0 Å². The van der Waals surface area contributed by atoms with Crippen molar-refractivity contribution in [2.45, 2.75) is 38.0 Å². The molecule has 0 unspecified atom stereocenters. The van der Waals surface area contributed by atoms with Crippen LogP contribution in [0.15, 0.2) is 29.4 Å². The first-order chi connectivity index (χ1) is 13.9. The first kappa shape index (κ1) is 20.1. The molecule has 1 aromatic carbocycles. The molecule has 0 saturated carbocycles. The van der Waals surface area contributed by atoms with Crippen LogP contribution in [0.1, 0.15) is 20.3 Å². The van der Waals surface area contributed by atoms with E-state index in [4.69, 9.17) is 0 Å². The van der Waals surface area contributed by atoms with Gasteiger partial charge in [-0.3, -0.25) is 4.79 Å². The SMILES string of the molecule is CCN(C(=O)CSc1nnc2c3ccccc3n(CC)c2n1)[C@H]1CCS(=O)(=O)C1. The highest BCUT2D eigenvalue weighted by Crippen LogP contribution is 2.27. The highest BCUT2D eigenvalue weighted by Gasteiger charge is 2.33. The van der Waals surface area contributed by atoms with Crippen LogP contribution in [0, 0.1) is 0 Å². The molecule has 8 nitrogen and oxygen atoms in total. The molecular weight excluding hydrogens is 410 g/mol. The van der Waals surface area contributed by atoms with Gasteiger partial charge in [0.2, 0.25) is 11.1 Å². The van der Waals surface area contributed by atoms with Gasteiger partial charge in [-0.2, -0.15) is 0 Å². The number of thioether (sulfide) groups is 1. The van der Waals surface area contributed by atoms with Gasteiger partial charge in [0.05, 0.1) is 22.8 Å². The minimum Gasteiger partial charge on any atom is -0.338 e. The number of rotatable bonds is 6. The Bertz CT molecular complexity index is 1180. The van der Waals surface area contributed by atoms with Crippen molar-refractivity contribution in [2.75, 3.05) is 23.8 Å². The summed E-state index contributed by atoms with van der Waals surface area (Å²) in [6.07, 6.45) is 0.507. The summed E-state index contributed by atoms with van der Waals surface area (Å²) in [5.41, 5.74) is 2.57. The van der Waals surface area contributed by atoms with Crippen LogP contribution in [0.3, 0.4) is 0 Å². The highest BCUT2D eigenvalue weighted by molar-refractivity contribution is 7.99. The smallest absolute Gasteiger partial charge is 0.233 e. The number of fused-ring (bicyclic) bond motifs is 3. The van der Waals surface area contributed by atoms with Gasteiger partial charge in [-0.15, -0.1) is 10.2 Å². The fourth-order valence-corrected chi connectivity index (χ4v) is 6.34. The molecule has 4 rings (SSSR count). The molecular formula is C19H23N5O3S2. The average Bonchev–Trinajstić information content (AvgIpc) is 3.23. The molecule has 10 heteroatoms. The molecule has 1 fully saturated rings. The number of aryl methyl sites for hydroxylation is 1. The molecule has 1 aliphatic rings. The van der Waals surface area contributed by atoms with E-state index in [9.17, 15) is 13.2 Å². The van der Waals surface area contributed by atoms with Crippen LogP contribution in [0.2, 0.25) is 0 Å². The summed E-state index contributed by atoms with van der Waals surface area (Å²) in [7, 11) is -3.03. The van der Waals surface area contributed by atoms with Crippen LogP contribution in [0.4, 0.5) is 0 Å². The Morgan fingerprint density at radius 3 is 2.76 bits per heavy atom. The van der Waals surface area contributed by atoms with Crippen molar-refractivity contribution in [1.29, 1.82) is 0 Å². The zero-order valence-corrected chi connectivity index (χ0v) is 18.0. The molecule has 154 valence electrons. The quantitative estimate of drug-likeness (QED) is 0.549. The van der Waals surface area contributed by atoms with E-state index in [0.717, 1.165) is 28.6 Å². The van der Waals surface area contributed by atoms with Crippen LogP contribution in [-0.4, -0.2) is 68.8 Å². The summed E-state index contributed by atoms with van der Waals surface area (Å²) < 4.78 is 25.6. The lowest BCUT2D eigenvalue weighted by atomic mass is 10.2. The maximum absolute atomic E-state index is 12.7. The lowest BCUT2D eigenvalue weighted by Gasteiger charge is -2.26. The Kier molecular flexibility index (Phi) is 5.48. The Labute approximate surface area is 173 Å². The normalized spacial score (nSPS) is 18.5. The van der Waals surface area contributed by atoms with E-state index >= 15 is 0 Å². The minimum absolute atomic E-state index is 0.0534. The topological polar surface area (TPSA) is 98.1 Å². The molecule has 1 saturated heterocycles. The van der Waals surface area contributed by atoms with E-state index < -0.39 is 9.84 Å². The Balaban J connectivity index is 1.53. The molecule has 2 aromatic heterocycles. The molecule has 0 radical (unpaired) electrons. The van der Waals surface area contributed by atoms with Gasteiger partial charge in [0.1, 0.15) is 5.52 Å². The second kappa shape index (κ2) is 7.91. The number of aromatic nitrogens is 4. The van der Waals surface area contributed by atoms with Gasteiger partial charge in [0.15, 0.2) is 15.5 Å². The van der Waals surface area contributed by atoms with Crippen molar-refractivity contribution < 1.29 is 13.2 Å². The predicted molar refractivity (Wildman–Crippen MR) is 114 cm³/mol. The maximum Gasteiger partial charge on any atom is 0.233 e. The fourth-order valence-electron chi connectivity index (χ4n) is 3.94. The fraction of sp³-hybridized carbons (Fsp3) is 0.474. The minimum atomic E-state index is -3.03. The number of benzene rings is 1. The number of carbonyl (C=O) groups is 1.